The minimum atomic E-state index is 0.103. The molecule has 1 rings (SSSR count). The van der Waals surface area contributed by atoms with Crippen LogP contribution in [0.5, 0.6) is 5.75 Å². The van der Waals surface area contributed by atoms with Crippen molar-refractivity contribution in [2.24, 2.45) is 11.8 Å². The summed E-state index contributed by atoms with van der Waals surface area (Å²) in [7, 11) is 0. The SMILES string of the molecule is CCC(CO)CN(CC(C)C)C(=O)CCCOc1ccc(Cl)cc1Cl. The van der Waals surface area contributed by atoms with Gasteiger partial charge in [0.1, 0.15) is 5.75 Å². The molecular formula is C19H29Cl2NO3. The second-order valence-corrected chi connectivity index (χ2v) is 7.52. The molecule has 0 bridgehead atoms. The first kappa shape index (κ1) is 22.1. The van der Waals surface area contributed by atoms with Crippen LogP contribution >= 0.6 is 23.2 Å². The second kappa shape index (κ2) is 11.6. The third-order valence-corrected chi connectivity index (χ3v) is 4.47. The topological polar surface area (TPSA) is 49.8 Å². The van der Waals surface area contributed by atoms with E-state index < -0.39 is 0 Å². The van der Waals surface area contributed by atoms with Gasteiger partial charge in [0.25, 0.3) is 0 Å². The number of halogens is 2. The van der Waals surface area contributed by atoms with Crippen LogP contribution in [0.2, 0.25) is 10.0 Å². The molecule has 4 nitrogen and oxygen atoms in total. The van der Waals surface area contributed by atoms with E-state index in [-0.39, 0.29) is 18.4 Å². The van der Waals surface area contributed by atoms with Crippen molar-refractivity contribution in [1.29, 1.82) is 0 Å². The zero-order valence-corrected chi connectivity index (χ0v) is 16.8. The Morgan fingerprint density at radius 3 is 2.56 bits per heavy atom. The van der Waals surface area contributed by atoms with Gasteiger partial charge in [0.05, 0.1) is 11.6 Å². The lowest BCUT2D eigenvalue weighted by molar-refractivity contribution is -0.132. The molecule has 0 aliphatic carbocycles. The average molecular weight is 390 g/mol. The predicted octanol–water partition coefficient (Wildman–Crippen LogP) is 4.66. The number of carbonyl (C=O) groups is 1. The fraction of sp³-hybridized carbons (Fsp3) is 0.632. The highest BCUT2D eigenvalue weighted by Crippen LogP contribution is 2.27. The minimum Gasteiger partial charge on any atom is -0.492 e. The highest BCUT2D eigenvalue weighted by Gasteiger charge is 2.18. The highest BCUT2D eigenvalue weighted by atomic mass is 35.5. The Morgan fingerprint density at radius 1 is 1.28 bits per heavy atom. The highest BCUT2D eigenvalue weighted by molar-refractivity contribution is 6.35. The van der Waals surface area contributed by atoms with Crippen LogP contribution in [-0.2, 0) is 4.79 Å². The van der Waals surface area contributed by atoms with Gasteiger partial charge in [-0.25, -0.2) is 0 Å². The molecule has 0 radical (unpaired) electrons. The normalized spacial score (nSPS) is 12.3. The Labute approximate surface area is 161 Å². The molecule has 1 atom stereocenters. The van der Waals surface area contributed by atoms with E-state index in [1.807, 2.05) is 11.8 Å². The lowest BCUT2D eigenvalue weighted by Gasteiger charge is -2.28. The molecule has 0 saturated carbocycles. The van der Waals surface area contributed by atoms with Crippen molar-refractivity contribution >= 4 is 29.1 Å². The number of carbonyl (C=O) groups excluding carboxylic acids is 1. The lowest BCUT2D eigenvalue weighted by atomic mass is 10.1. The number of hydrogen-bond acceptors (Lipinski definition) is 3. The number of nitrogens with zero attached hydrogens (tertiary/aromatic N) is 1. The van der Waals surface area contributed by atoms with Crippen molar-refractivity contribution in [3.8, 4) is 5.75 Å². The summed E-state index contributed by atoms with van der Waals surface area (Å²) in [5, 5.41) is 10.4. The van der Waals surface area contributed by atoms with E-state index in [4.69, 9.17) is 27.9 Å². The van der Waals surface area contributed by atoms with E-state index in [0.29, 0.717) is 54.3 Å². The Morgan fingerprint density at radius 2 is 2.00 bits per heavy atom. The first-order chi connectivity index (χ1) is 11.9. The number of rotatable bonds is 11. The zero-order valence-electron chi connectivity index (χ0n) is 15.3. The van der Waals surface area contributed by atoms with Crippen molar-refractivity contribution in [3.63, 3.8) is 0 Å². The summed E-state index contributed by atoms with van der Waals surface area (Å²) in [5.41, 5.74) is 0. The molecule has 0 aliphatic rings. The molecule has 1 aromatic rings. The van der Waals surface area contributed by atoms with Crippen molar-refractivity contribution in [3.05, 3.63) is 28.2 Å². The van der Waals surface area contributed by atoms with Gasteiger partial charge in [-0.15, -0.1) is 0 Å². The summed E-state index contributed by atoms with van der Waals surface area (Å²) >= 11 is 11.9. The third kappa shape index (κ3) is 8.30. The van der Waals surface area contributed by atoms with Crippen LogP contribution < -0.4 is 4.74 Å². The van der Waals surface area contributed by atoms with Crippen molar-refractivity contribution in [2.75, 3.05) is 26.3 Å². The second-order valence-electron chi connectivity index (χ2n) is 6.68. The number of ether oxygens (including phenoxy) is 1. The first-order valence-electron chi connectivity index (χ1n) is 8.83. The number of amides is 1. The zero-order chi connectivity index (χ0) is 18.8. The van der Waals surface area contributed by atoms with Gasteiger partial charge in [0.2, 0.25) is 5.91 Å². The summed E-state index contributed by atoms with van der Waals surface area (Å²) in [5.74, 6) is 1.20. The van der Waals surface area contributed by atoms with Crippen LogP contribution in [-0.4, -0.2) is 42.2 Å². The van der Waals surface area contributed by atoms with Gasteiger partial charge in [0, 0.05) is 31.1 Å². The summed E-state index contributed by atoms with van der Waals surface area (Å²) in [6.07, 6.45) is 1.89. The number of aliphatic hydroxyl groups is 1. The maximum atomic E-state index is 12.5. The summed E-state index contributed by atoms with van der Waals surface area (Å²) in [6, 6.07) is 5.08. The first-order valence-corrected chi connectivity index (χ1v) is 9.59. The summed E-state index contributed by atoms with van der Waals surface area (Å²) in [6.45, 7) is 8.05. The van der Waals surface area contributed by atoms with Crippen LogP contribution in [0.3, 0.4) is 0 Å². The molecule has 6 heteroatoms. The molecular weight excluding hydrogens is 361 g/mol. The number of benzene rings is 1. The van der Waals surface area contributed by atoms with E-state index in [2.05, 4.69) is 13.8 Å². The quantitative estimate of drug-likeness (QED) is 0.560. The molecule has 25 heavy (non-hydrogen) atoms. The molecule has 1 N–H and O–H groups in total. The molecule has 0 aliphatic heterocycles. The largest absolute Gasteiger partial charge is 0.492 e. The smallest absolute Gasteiger partial charge is 0.222 e. The van der Waals surface area contributed by atoms with Gasteiger partial charge in [0.15, 0.2) is 0 Å². The molecule has 0 aromatic heterocycles. The Balaban J connectivity index is 2.47. The summed E-state index contributed by atoms with van der Waals surface area (Å²) < 4.78 is 5.63. The maximum absolute atomic E-state index is 12.5. The van der Waals surface area contributed by atoms with Crippen molar-refractivity contribution in [2.45, 2.75) is 40.0 Å². The number of aliphatic hydroxyl groups excluding tert-OH is 1. The van der Waals surface area contributed by atoms with Crippen LogP contribution in [0.4, 0.5) is 0 Å². The standard InChI is InChI=1S/C19H29Cl2NO3/c1-4-15(13-23)12-22(11-14(2)3)19(24)6-5-9-25-18-8-7-16(20)10-17(18)21/h7-8,10,14-15,23H,4-6,9,11-13H2,1-3H3. The Hall–Kier alpha value is -0.970. The molecule has 1 unspecified atom stereocenters. The van der Waals surface area contributed by atoms with E-state index in [1.165, 1.54) is 0 Å². The molecule has 1 aromatic carbocycles. The van der Waals surface area contributed by atoms with Crippen LogP contribution in [0.25, 0.3) is 0 Å². The van der Waals surface area contributed by atoms with Gasteiger partial charge in [-0.2, -0.15) is 0 Å². The van der Waals surface area contributed by atoms with E-state index in [9.17, 15) is 9.90 Å². The minimum absolute atomic E-state index is 0.103. The van der Waals surface area contributed by atoms with Gasteiger partial charge in [-0.3, -0.25) is 4.79 Å². The molecule has 0 spiro atoms. The fourth-order valence-electron chi connectivity index (χ4n) is 2.50. The van der Waals surface area contributed by atoms with Crippen molar-refractivity contribution < 1.29 is 14.6 Å². The Kier molecular flexibility index (Phi) is 10.2. The van der Waals surface area contributed by atoms with E-state index >= 15 is 0 Å². The fourth-order valence-corrected chi connectivity index (χ4v) is 2.97. The lowest BCUT2D eigenvalue weighted by Crippen LogP contribution is -2.38. The van der Waals surface area contributed by atoms with Gasteiger partial charge >= 0.3 is 0 Å². The van der Waals surface area contributed by atoms with E-state index in [0.717, 1.165) is 6.42 Å². The Bertz CT molecular complexity index is 533. The third-order valence-electron chi connectivity index (χ3n) is 3.94. The molecule has 142 valence electrons. The summed E-state index contributed by atoms with van der Waals surface area (Å²) in [4.78, 5) is 14.4. The van der Waals surface area contributed by atoms with Crippen molar-refractivity contribution in [1.82, 2.24) is 4.90 Å². The van der Waals surface area contributed by atoms with Crippen LogP contribution in [0, 0.1) is 11.8 Å². The average Bonchev–Trinajstić information content (AvgIpc) is 2.56. The van der Waals surface area contributed by atoms with Crippen LogP contribution in [0.1, 0.15) is 40.0 Å². The van der Waals surface area contributed by atoms with Gasteiger partial charge in [-0.05, 0) is 42.9 Å². The monoisotopic (exact) mass is 389 g/mol. The number of hydrogen-bond donors (Lipinski definition) is 1. The molecule has 0 fully saturated rings. The molecule has 1 amide bonds. The van der Waals surface area contributed by atoms with Gasteiger partial charge in [-0.1, -0.05) is 44.0 Å². The van der Waals surface area contributed by atoms with Crippen LogP contribution in [0.15, 0.2) is 18.2 Å². The molecule has 0 heterocycles. The molecule has 0 saturated heterocycles. The maximum Gasteiger partial charge on any atom is 0.222 e. The van der Waals surface area contributed by atoms with E-state index in [1.54, 1.807) is 18.2 Å². The predicted molar refractivity (Wildman–Crippen MR) is 103 cm³/mol. The van der Waals surface area contributed by atoms with Gasteiger partial charge < -0.3 is 14.7 Å².